The van der Waals surface area contributed by atoms with E-state index in [9.17, 15) is 4.79 Å². The zero-order chi connectivity index (χ0) is 14.1. The lowest BCUT2D eigenvalue weighted by Crippen LogP contribution is -2.30. The van der Waals surface area contributed by atoms with Crippen LogP contribution in [-0.2, 0) is 4.79 Å². The van der Waals surface area contributed by atoms with Crippen LogP contribution >= 0.6 is 31.9 Å². The van der Waals surface area contributed by atoms with Crippen molar-refractivity contribution in [3.63, 3.8) is 0 Å². The van der Waals surface area contributed by atoms with Crippen molar-refractivity contribution < 1.29 is 9.53 Å². The quantitative estimate of drug-likeness (QED) is 0.496. The van der Waals surface area contributed by atoms with Gasteiger partial charge in [-0.25, -0.2) is 0 Å². The van der Waals surface area contributed by atoms with Crippen LogP contribution in [0, 0.1) is 0 Å². The van der Waals surface area contributed by atoms with E-state index in [1.165, 1.54) is 0 Å². The van der Waals surface area contributed by atoms with Crippen molar-refractivity contribution in [2.24, 2.45) is 0 Å². The molecule has 19 heavy (non-hydrogen) atoms. The molecule has 3 nitrogen and oxygen atoms in total. The van der Waals surface area contributed by atoms with Crippen LogP contribution in [0.15, 0.2) is 28.7 Å². The number of rotatable bonds is 8. The third kappa shape index (κ3) is 6.97. The molecule has 0 radical (unpaired) electrons. The lowest BCUT2D eigenvalue weighted by Gasteiger charge is -2.17. The number of likely N-dealkylation sites (N-methyl/N-ethyl adjacent to an activating group) is 1. The van der Waals surface area contributed by atoms with E-state index in [1.807, 2.05) is 31.3 Å². The van der Waals surface area contributed by atoms with Crippen LogP contribution in [0.25, 0.3) is 0 Å². The second kappa shape index (κ2) is 9.37. The Morgan fingerprint density at radius 2 is 1.95 bits per heavy atom. The van der Waals surface area contributed by atoms with Crippen molar-refractivity contribution >= 4 is 37.8 Å². The molecule has 0 fully saturated rings. The summed E-state index contributed by atoms with van der Waals surface area (Å²) in [6.45, 7) is 1.13. The largest absolute Gasteiger partial charge is 0.492 e. The molecule has 0 spiro atoms. The minimum absolute atomic E-state index is 0.181. The molecule has 0 heterocycles. The summed E-state index contributed by atoms with van der Waals surface area (Å²) in [5, 5.41) is 0.955. The molecule has 0 saturated carbocycles. The van der Waals surface area contributed by atoms with Crippen LogP contribution in [0.2, 0.25) is 0 Å². The van der Waals surface area contributed by atoms with E-state index in [1.54, 1.807) is 4.90 Å². The first-order valence-corrected chi connectivity index (χ1v) is 8.23. The number of hydrogen-bond acceptors (Lipinski definition) is 2. The first-order valence-electron chi connectivity index (χ1n) is 6.32. The van der Waals surface area contributed by atoms with Gasteiger partial charge < -0.3 is 9.64 Å². The maximum absolute atomic E-state index is 11.8. The topological polar surface area (TPSA) is 29.5 Å². The summed E-state index contributed by atoms with van der Waals surface area (Å²) in [6.07, 6.45) is 2.58. The van der Waals surface area contributed by atoms with Crippen LogP contribution in [0.5, 0.6) is 5.75 Å². The van der Waals surface area contributed by atoms with Gasteiger partial charge in [0.05, 0.1) is 6.54 Å². The predicted molar refractivity (Wildman–Crippen MR) is 84.9 cm³/mol. The van der Waals surface area contributed by atoms with Gasteiger partial charge in [-0.05, 0) is 37.1 Å². The van der Waals surface area contributed by atoms with Crippen molar-refractivity contribution in [1.29, 1.82) is 0 Å². The number of carbonyl (C=O) groups is 1. The third-order valence-corrected chi connectivity index (χ3v) is 3.80. The minimum atomic E-state index is 0.181. The Hall–Kier alpha value is -0.550. The molecule has 0 unspecified atom stereocenters. The van der Waals surface area contributed by atoms with Crippen molar-refractivity contribution in [3.05, 3.63) is 28.7 Å². The van der Waals surface area contributed by atoms with Crippen LogP contribution < -0.4 is 4.74 Å². The Bertz CT molecular complexity index is 382. The highest BCUT2D eigenvalue weighted by Gasteiger charge is 2.07. The lowest BCUT2D eigenvalue weighted by atomic mass is 10.2. The molecular weight excluding hydrogens is 374 g/mol. The zero-order valence-electron chi connectivity index (χ0n) is 11.1. The van der Waals surface area contributed by atoms with Crippen LogP contribution in [0.1, 0.15) is 19.3 Å². The highest BCUT2D eigenvalue weighted by atomic mass is 79.9. The molecule has 0 aromatic heterocycles. The summed E-state index contributed by atoms with van der Waals surface area (Å²) in [5.74, 6) is 1.00. The molecular formula is C14H19Br2NO2. The van der Waals surface area contributed by atoms with Crippen LogP contribution in [-0.4, -0.2) is 36.3 Å². The van der Waals surface area contributed by atoms with Gasteiger partial charge in [0.1, 0.15) is 12.4 Å². The van der Waals surface area contributed by atoms with Gasteiger partial charge in [-0.1, -0.05) is 31.9 Å². The second-order valence-corrected chi connectivity index (χ2v) is 5.97. The van der Waals surface area contributed by atoms with Crippen molar-refractivity contribution in [3.8, 4) is 5.75 Å². The Balaban J connectivity index is 2.20. The molecule has 0 aliphatic rings. The summed E-state index contributed by atoms with van der Waals surface area (Å²) >= 11 is 6.74. The Kier molecular flexibility index (Phi) is 8.14. The SMILES string of the molecule is CN(CCOc1ccc(Br)cc1)C(=O)CCCCBr. The minimum Gasteiger partial charge on any atom is -0.492 e. The number of benzene rings is 1. The van der Waals surface area contributed by atoms with Crippen molar-refractivity contribution in [1.82, 2.24) is 4.90 Å². The molecule has 0 bridgehead atoms. The van der Waals surface area contributed by atoms with Crippen molar-refractivity contribution in [2.45, 2.75) is 19.3 Å². The highest BCUT2D eigenvalue weighted by molar-refractivity contribution is 9.10. The maximum Gasteiger partial charge on any atom is 0.222 e. The van der Waals surface area contributed by atoms with Gasteiger partial charge in [0.25, 0.3) is 0 Å². The number of halogens is 2. The number of carbonyl (C=O) groups excluding carboxylic acids is 1. The monoisotopic (exact) mass is 391 g/mol. The molecule has 1 amide bonds. The van der Waals surface area contributed by atoms with Gasteiger partial charge in [0, 0.05) is 23.3 Å². The molecule has 5 heteroatoms. The van der Waals surface area contributed by atoms with E-state index < -0.39 is 0 Å². The van der Waals surface area contributed by atoms with Crippen LogP contribution in [0.3, 0.4) is 0 Å². The molecule has 106 valence electrons. The summed E-state index contributed by atoms with van der Waals surface area (Å²) < 4.78 is 6.61. The van der Waals surface area contributed by atoms with E-state index in [0.29, 0.717) is 19.6 Å². The van der Waals surface area contributed by atoms with Gasteiger partial charge in [-0.15, -0.1) is 0 Å². The van der Waals surface area contributed by atoms with Gasteiger partial charge in [-0.3, -0.25) is 4.79 Å². The van der Waals surface area contributed by atoms with Gasteiger partial charge in [-0.2, -0.15) is 0 Å². The van der Waals surface area contributed by atoms with E-state index in [0.717, 1.165) is 28.4 Å². The molecule has 1 rings (SSSR count). The average molecular weight is 393 g/mol. The number of hydrogen-bond donors (Lipinski definition) is 0. The molecule has 0 aliphatic heterocycles. The third-order valence-electron chi connectivity index (χ3n) is 2.71. The molecule has 1 aromatic carbocycles. The summed E-state index contributed by atoms with van der Waals surface area (Å²) in [7, 11) is 1.82. The van der Waals surface area contributed by atoms with E-state index in [2.05, 4.69) is 31.9 Å². The summed E-state index contributed by atoms with van der Waals surface area (Å²) in [4.78, 5) is 13.5. The number of unbranched alkanes of at least 4 members (excludes halogenated alkanes) is 1. The Morgan fingerprint density at radius 3 is 2.58 bits per heavy atom. The van der Waals surface area contributed by atoms with Gasteiger partial charge in [0.2, 0.25) is 5.91 Å². The Morgan fingerprint density at radius 1 is 1.26 bits per heavy atom. The lowest BCUT2D eigenvalue weighted by molar-refractivity contribution is -0.130. The highest BCUT2D eigenvalue weighted by Crippen LogP contribution is 2.15. The first-order chi connectivity index (χ1) is 9.13. The van der Waals surface area contributed by atoms with Crippen molar-refractivity contribution in [2.75, 3.05) is 25.5 Å². The molecule has 0 aliphatic carbocycles. The summed E-state index contributed by atoms with van der Waals surface area (Å²) in [5.41, 5.74) is 0. The predicted octanol–water partition coefficient (Wildman–Crippen LogP) is 3.85. The van der Waals surface area contributed by atoms with Gasteiger partial charge in [0.15, 0.2) is 0 Å². The fraction of sp³-hybridized carbons (Fsp3) is 0.500. The fourth-order valence-electron chi connectivity index (χ4n) is 1.52. The van der Waals surface area contributed by atoms with Crippen LogP contribution in [0.4, 0.5) is 0 Å². The molecule has 0 saturated heterocycles. The Labute approximate surface area is 131 Å². The fourth-order valence-corrected chi connectivity index (χ4v) is 2.18. The number of nitrogens with zero attached hydrogens (tertiary/aromatic N) is 1. The standard InChI is InChI=1S/C14H19Br2NO2/c1-17(14(18)4-2-3-9-15)10-11-19-13-7-5-12(16)6-8-13/h5-8H,2-4,9-11H2,1H3. The number of alkyl halides is 1. The molecule has 0 atom stereocenters. The van der Waals surface area contributed by atoms with Gasteiger partial charge >= 0.3 is 0 Å². The van der Waals surface area contributed by atoms with E-state index in [-0.39, 0.29) is 5.91 Å². The maximum atomic E-state index is 11.8. The molecule has 1 aromatic rings. The van der Waals surface area contributed by atoms with E-state index >= 15 is 0 Å². The normalized spacial score (nSPS) is 10.3. The second-order valence-electron chi connectivity index (χ2n) is 4.26. The zero-order valence-corrected chi connectivity index (χ0v) is 14.2. The molecule has 0 N–H and O–H groups in total. The first kappa shape index (κ1) is 16.5. The summed E-state index contributed by atoms with van der Waals surface area (Å²) in [6, 6.07) is 7.68. The number of amides is 1. The van der Waals surface area contributed by atoms with E-state index in [4.69, 9.17) is 4.74 Å². The number of ether oxygens (including phenoxy) is 1. The smallest absolute Gasteiger partial charge is 0.222 e. The average Bonchev–Trinajstić information content (AvgIpc) is 2.41.